The molecule has 0 unspecified atom stereocenters. The third-order valence-electron chi connectivity index (χ3n) is 3.14. The third-order valence-corrected chi connectivity index (χ3v) is 3.14. The Hall–Kier alpha value is -1.56. The zero-order valence-electron chi connectivity index (χ0n) is 10.7. The molecule has 1 amide bonds. The molecule has 3 nitrogen and oxygen atoms in total. The normalized spacial score (nSPS) is 23.8. The Morgan fingerprint density at radius 2 is 2.00 bits per heavy atom. The topological polar surface area (TPSA) is 32.3 Å². The zero-order chi connectivity index (χ0) is 14.2. The van der Waals surface area contributed by atoms with E-state index in [1.165, 1.54) is 4.90 Å². The van der Waals surface area contributed by atoms with Crippen molar-refractivity contribution in [3.63, 3.8) is 0 Å². The van der Waals surface area contributed by atoms with Gasteiger partial charge >= 0.3 is 0 Å². The van der Waals surface area contributed by atoms with Gasteiger partial charge in [-0.2, -0.15) is 0 Å². The van der Waals surface area contributed by atoms with Crippen molar-refractivity contribution >= 4 is 5.91 Å². The molecule has 2 atom stereocenters. The lowest BCUT2D eigenvalue weighted by atomic mass is 10.1. The van der Waals surface area contributed by atoms with Gasteiger partial charge in [0, 0.05) is 30.8 Å². The Labute approximate surface area is 109 Å². The summed E-state index contributed by atoms with van der Waals surface area (Å²) >= 11 is 0. The first-order chi connectivity index (χ1) is 8.88. The molecule has 0 aliphatic carbocycles. The van der Waals surface area contributed by atoms with Crippen LogP contribution in [0, 0.1) is 17.5 Å². The molecule has 0 radical (unpaired) electrons. The van der Waals surface area contributed by atoms with Crippen LogP contribution >= 0.6 is 0 Å². The summed E-state index contributed by atoms with van der Waals surface area (Å²) in [6, 6.07) is 1.08. The van der Waals surface area contributed by atoms with Crippen LogP contribution in [0.5, 0.6) is 0 Å². The summed E-state index contributed by atoms with van der Waals surface area (Å²) < 4.78 is 39.8. The zero-order valence-corrected chi connectivity index (χ0v) is 10.7. The van der Waals surface area contributed by atoms with Crippen molar-refractivity contribution in [2.45, 2.75) is 32.5 Å². The van der Waals surface area contributed by atoms with E-state index < -0.39 is 17.5 Å². The van der Waals surface area contributed by atoms with Crippen LogP contribution < -0.4 is 5.32 Å². The number of benzene rings is 1. The molecular weight excluding hydrogens is 257 g/mol. The van der Waals surface area contributed by atoms with E-state index in [4.69, 9.17) is 0 Å². The molecule has 0 spiro atoms. The first-order valence-corrected chi connectivity index (χ1v) is 6.06. The van der Waals surface area contributed by atoms with E-state index in [9.17, 15) is 18.0 Å². The highest BCUT2D eigenvalue weighted by Gasteiger charge is 2.29. The Morgan fingerprint density at radius 3 is 2.68 bits per heavy atom. The Bertz CT molecular complexity index is 507. The number of rotatable bonds is 2. The largest absolute Gasteiger partial charge is 0.335 e. The van der Waals surface area contributed by atoms with Gasteiger partial charge in [-0.05, 0) is 19.9 Å². The number of carbonyl (C=O) groups is 1. The van der Waals surface area contributed by atoms with Crippen LogP contribution in [0.1, 0.15) is 19.4 Å². The van der Waals surface area contributed by atoms with Gasteiger partial charge in [-0.15, -0.1) is 0 Å². The van der Waals surface area contributed by atoms with Crippen LogP contribution in [0.4, 0.5) is 13.2 Å². The van der Waals surface area contributed by atoms with Crippen LogP contribution in [0.2, 0.25) is 0 Å². The summed E-state index contributed by atoms with van der Waals surface area (Å²) in [6.07, 6.45) is 0. The van der Waals surface area contributed by atoms with Crippen molar-refractivity contribution in [2.75, 3.05) is 6.54 Å². The van der Waals surface area contributed by atoms with Gasteiger partial charge in [0.2, 0.25) is 5.91 Å². The Kier molecular flexibility index (Phi) is 3.80. The summed E-state index contributed by atoms with van der Waals surface area (Å²) in [4.78, 5) is 13.3. The number of carbonyl (C=O) groups excluding carboxylic acids is 1. The molecule has 0 aromatic heterocycles. The van der Waals surface area contributed by atoms with Gasteiger partial charge in [-0.3, -0.25) is 4.79 Å². The molecule has 2 rings (SSSR count). The number of halogens is 3. The Morgan fingerprint density at radius 1 is 1.32 bits per heavy atom. The molecule has 1 heterocycles. The lowest BCUT2D eigenvalue weighted by Crippen LogP contribution is -2.57. The van der Waals surface area contributed by atoms with Crippen LogP contribution in [0.25, 0.3) is 0 Å². The van der Waals surface area contributed by atoms with E-state index in [0.717, 1.165) is 6.07 Å². The smallest absolute Gasteiger partial charge is 0.239 e. The Balaban J connectivity index is 2.23. The van der Waals surface area contributed by atoms with Crippen molar-refractivity contribution in [1.82, 2.24) is 10.2 Å². The first kappa shape index (κ1) is 13.9. The first-order valence-electron chi connectivity index (χ1n) is 6.06. The minimum absolute atomic E-state index is 0.0502. The van der Waals surface area contributed by atoms with E-state index in [-0.39, 0.29) is 30.1 Å². The van der Waals surface area contributed by atoms with Crippen LogP contribution in [0.15, 0.2) is 12.1 Å². The van der Waals surface area contributed by atoms with Gasteiger partial charge < -0.3 is 10.2 Å². The number of amides is 1. The molecule has 19 heavy (non-hydrogen) atoms. The second-order valence-corrected chi connectivity index (χ2v) is 4.87. The maximum Gasteiger partial charge on any atom is 0.239 e. The monoisotopic (exact) mass is 272 g/mol. The highest BCUT2D eigenvalue weighted by molar-refractivity contribution is 5.82. The predicted molar refractivity (Wildman–Crippen MR) is 63.8 cm³/mol. The fraction of sp³-hybridized carbons (Fsp3) is 0.462. The van der Waals surface area contributed by atoms with Gasteiger partial charge in [0.1, 0.15) is 5.82 Å². The molecule has 1 aliphatic rings. The molecular formula is C13H15F3N2O. The van der Waals surface area contributed by atoms with E-state index in [1.54, 1.807) is 6.92 Å². The molecule has 1 aromatic rings. The van der Waals surface area contributed by atoms with Gasteiger partial charge in [0.15, 0.2) is 11.6 Å². The molecule has 1 aromatic carbocycles. The number of nitrogens with one attached hydrogen (secondary N) is 1. The molecule has 104 valence electrons. The van der Waals surface area contributed by atoms with E-state index in [0.29, 0.717) is 12.6 Å². The minimum Gasteiger partial charge on any atom is -0.335 e. The van der Waals surface area contributed by atoms with Crippen molar-refractivity contribution < 1.29 is 18.0 Å². The van der Waals surface area contributed by atoms with Gasteiger partial charge in [-0.1, -0.05) is 0 Å². The van der Waals surface area contributed by atoms with Gasteiger partial charge in [0.25, 0.3) is 0 Å². The number of nitrogens with zero attached hydrogens (tertiary/aromatic N) is 1. The summed E-state index contributed by atoms with van der Waals surface area (Å²) in [5, 5.41) is 3.05. The molecule has 0 bridgehead atoms. The van der Waals surface area contributed by atoms with E-state index in [2.05, 4.69) is 5.32 Å². The van der Waals surface area contributed by atoms with E-state index >= 15 is 0 Å². The van der Waals surface area contributed by atoms with E-state index in [1.807, 2.05) is 6.92 Å². The molecule has 1 saturated heterocycles. The summed E-state index contributed by atoms with van der Waals surface area (Å²) in [5.41, 5.74) is -0.146. The fourth-order valence-electron chi connectivity index (χ4n) is 2.32. The highest BCUT2D eigenvalue weighted by Crippen LogP contribution is 2.18. The van der Waals surface area contributed by atoms with Gasteiger partial charge in [-0.25, -0.2) is 13.2 Å². The van der Waals surface area contributed by atoms with Crippen molar-refractivity contribution in [3.8, 4) is 0 Å². The molecule has 1 aliphatic heterocycles. The van der Waals surface area contributed by atoms with Crippen molar-refractivity contribution in [2.24, 2.45) is 0 Å². The second-order valence-electron chi connectivity index (χ2n) is 4.87. The SMILES string of the molecule is C[C@@H]1CN(Cc2cc(F)cc(F)c2F)C(=O)[C@@H](C)N1. The minimum atomic E-state index is -1.24. The average molecular weight is 272 g/mol. The van der Waals surface area contributed by atoms with Gasteiger partial charge in [0.05, 0.1) is 6.04 Å². The lowest BCUT2D eigenvalue weighted by molar-refractivity contribution is -0.136. The standard InChI is InChI=1S/C13H15F3N2O/c1-7-5-18(13(19)8(2)17-7)6-9-3-10(14)4-11(15)12(9)16/h3-4,7-8,17H,5-6H2,1-2H3/t7-,8-/m1/s1. The summed E-state index contributed by atoms with van der Waals surface area (Å²) in [6.45, 7) is 3.84. The molecule has 6 heteroatoms. The average Bonchev–Trinajstić information content (AvgIpc) is 2.31. The third kappa shape index (κ3) is 2.89. The molecule has 1 fully saturated rings. The van der Waals surface area contributed by atoms with Crippen LogP contribution in [-0.4, -0.2) is 29.4 Å². The molecule has 0 saturated carbocycles. The van der Waals surface area contributed by atoms with Crippen LogP contribution in [-0.2, 0) is 11.3 Å². The predicted octanol–water partition coefficient (Wildman–Crippen LogP) is 1.81. The maximum absolute atomic E-state index is 13.6. The number of hydrogen-bond acceptors (Lipinski definition) is 2. The number of piperazine rings is 1. The molecule has 1 N–H and O–H groups in total. The van der Waals surface area contributed by atoms with Crippen molar-refractivity contribution in [1.29, 1.82) is 0 Å². The number of hydrogen-bond donors (Lipinski definition) is 1. The summed E-state index contributed by atoms with van der Waals surface area (Å²) in [7, 11) is 0. The quantitative estimate of drug-likeness (QED) is 0.833. The lowest BCUT2D eigenvalue weighted by Gasteiger charge is -2.35. The highest BCUT2D eigenvalue weighted by atomic mass is 19.2. The maximum atomic E-state index is 13.6. The van der Waals surface area contributed by atoms with Crippen LogP contribution in [0.3, 0.4) is 0 Å². The fourth-order valence-corrected chi connectivity index (χ4v) is 2.32. The second kappa shape index (κ2) is 5.21. The van der Waals surface area contributed by atoms with Crippen molar-refractivity contribution in [3.05, 3.63) is 35.1 Å². The summed E-state index contributed by atoms with van der Waals surface area (Å²) in [5.74, 6) is -3.40.